The van der Waals surface area contributed by atoms with E-state index in [0.717, 1.165) is 30.4 Å². The molecule has 3 atom stereocenters. The van der Waals surface area contributed by atoms with Crippen molar-refractivity contribution >= 4 is 11.4 Å². The highest BCUT2D eigenvalue weighted by atomic mass is 16.1. The van der Waals surface area contributed by atoms with Gasteiger partial charge < -0.3 is 0 Å². The molecule has 0 aromatic heterocycles. The van der Waals surface area contributed by atoms with Gasteiger partial charge in [0.1, 0.15) is 0 Å². The van der Waals surface area contributed by atoms with E-state index in [1.165, 1.54) is 23.1 Å². The summed E-state index contributed by atoms with van der Waals surface area (Å²) in [7, 11) is 0. The summed E-state index contributed by atoms with van der Waals surface area (Å²) >= 11 is 0. The van der Waals surface area contributed by atoms with E-state index in [0.29, 0.717) is 11.7 Å². The first-order valence-corrected chi connectivity index (χ1v) is 10.2. The van der Waals surface area contributed by atoms with Crippen LogP contribution in [0.2, 0.25) is 0 Å². The number of ketones is 1. The van der Waals surface area contributed by atoms with Gasteiger partial charge in [0.25, 0.3) is 0 Å². The van der Waals surface area contributed by atoms with Gasteiger partial charge in [-0.1, -0.05) is 84.8 Å². The minimum Gasteiger partial charge on any atom is -0.293 e. The first kappa shape index (κ1) is 16.7. The molecule has 0 bridgehead atoms. The van der Waals surface area contributed by atoms with E-state index in [4.69, 9.17) is 0 Å². The first-order chi connectivity index (χ1) is 13.1. The maximum absolute atomic E-state index is 14.2. The van der Waals surface area contributed by atoms with E-state index in [-0.39, 0.29) is 5.41 Å². The van der Waals surface area contributed by atoms with Crippen LogP contribution in [0.1, 0.15) is 50.7 Å². The Labute approximate surface area is 161 Å². The molecule has 0 unspecified atom stereocenters. The molecular formula is C26H26O. The second-order valence-corrected chi connectivity index (χ2v) is 8.52. The van der Waals surface area contributed by atoms with Gasteiger partial charge in [0.15, 0.2) is 5.78 Å². The predicted octanol–water partition coefficient (Wildman–Crippen LogP) is 6.12. The Morgan fingerprint density at radius 3 is 2.33 bits per heavy atom. The van der Waals surface area contributed by atoms with Gasteiger partial charge in [0.05, 0.1) is 5.41 Å². The molecule has 1 heteroatoms. The molecule has 3 aliphatic carbocycles. The maximum Gasteiger partial charge on any atom is 0.175 e. The fourth-order valence-electron chi connectivity index (χ4n) is 6.43. The smallest absolute Gasteiger partial charge is 0.175 e. The second kappa shape index (κ2) is 5.79. The number of carbonyl (C=O) groups excluding carboxylic acids is 1. The van der Waals surface area contributed by atoms with Crippen LogP contribution in [-0.2, 0) is 10.2 Å². The fourth-order valence-corrected chi connectivity index (χ4v) is 6.43. The number of carbonyl (C=O) groups is 1. The zero-order chi connectivity index (χ0) is 18.6. The molecule has 136 valence electrons. The highest BCUT2D eigenvalue weighted by molar-refractivity contribution is 6.30. The predicted molar refractivity (Wildman–Crippen MR) is 110 cm³/mol. The summed E-state index contributed by atoms with van der Waals surface area (Å²) in [5.74, 6) is 0.749. The SMILES string of the molecule is CC1=CC[C@]2(c3ccccc3)C(=O)C(c3ccccc3)=C3CCC[C@]32[C@@H]1C. The van der Waals surface area contributed by atoms with Crippen LogP contribution >= 0.6 is 0 Å². The van der Waals surface area contributed by atoms with Crippen LogP contribution in [-0.4, -0.2) is 5.78 Å². The van der Waals surface area contributed by atoms with Gasteiger partial charge in [0.2, 0.25) is 0 Å². The molecule has 0 N–H and O–H groups in total. The highest BCUT2D eigenvalue weighted by Gasteiger charge is 2.68. The largest absolute Gasteiger partial charge is 0.293 e. The Balaban J connectivity index is 1.85. The Kier molecular flexibility index (Phi) is 3.59. The third-order valence-corrected chi connectivity index (χ3v) is 7.70. The molecule has 5 rings (SSSR count). The number of hydrogen-bond donors (Lipinski definition) is 0. The summed E-state index contributed by atoms with van der Waals surface area (Å²) in [5, 5.41) is 0. The van der Waals surface area contributed by atoms with Gasteiger partial charge in [-0.2, -0.15) is 0 Å². The number of allylic oxidation sites excluding steroid dienone is 4. The summed E-state index contributed by atoms with van der Waals surface area (Å²) in [4.78, 5) is 14.2. The van der Waals surface area contributed by atoms with Gasteiger partial charge in [-0.15, -0.1) is 0 Å². The van der Waals surface area contributed by atoms with E-state index >= 15 is 0 Å². The van der Waals surface area contributed by atoms with Crippen molar-refractivity contribution in [2.75, 3.05) is 0 Å². The molecule has 1 fully saturated rings. The van der Waals surface area contributed by atoms with E-state index in [1.807, 2.05) is 6.07 Å². The molecule has 1 saturated carbocycles. The quantitative estimate of drug-likeness (QED) is 0.594. The lowest BCUT2D eigenvalue weighted by Crippen LogP contribution is -2.52. The van der Waals surface area contributed by atoms with Gasteiger partial charge in [-0.05, 0) is 49.7 Å². The number of rotatable bonds is 2. The van der Waals surface area contributed by atoms with Crippen LogP contribution in [0.4, 0.5) is 0 Å². The van der Waals surface area contributed by atoms with Crippen LogP contribution in [0.25, 0.3) is 5.57 Å². The molecule has 2 aromatic carbocycles. The zero-order valence-corrected chi connectivity index (χ0v) is 16.2. The van der Waals surface area contributed by atoms with Gasteiger partial charge in [0, 0.05) is 11.0 Å². The summed E-state index contributed by atoms with van der Waals surface area (Å²) in [6, 6.07) is 21.0. The normalized spacial score (nSPS) is 32.3. The van der Waals surface area contributed by atoms with Crippen LogP contribution < -0.4 is 0 Å². The molecule has 27 heavy (non-hydrogen) atoms. The Bertz CT molecular complexity index is 966. The summed E-state index contributed by atoms with van der Waals surface area (Å²) < 4.78 is 0. The average Bonchev–Trinajstić information content (AvgIpc) is 3.22. The van der Waals surface area contributed by atoms with Gasteiger partial charge in [-0.25, -0.2) is 0 Å². The van der Waals surface area contributed by atoms with Crippen molar-refractivity contribution in [1.29, 1.82) is 0 Å². The number of benzene rings is 2. The zero-order valence-electron chi connectivity index (χ0n) is 16.2. The van der Waals surface area contributed by atoms with Crippen LogP contribution in [0.15, 0.2) is 77.9 Å². The molecular weight excluding hydrogens is 328 g/mol. The summed E-state index contributed by atoms with van der Waals surface area (Å²) in [6.45, 7) is 4.62. The lowest BCUT2D eigenvalue weighted by atomic mass is 9.49. The van der Waals surface area contributed by atoms with Crippen molar-refractivity contribution in [3.05, 3.63) is 89.0 Å². The Morgan fingerprint density at radius 1 is 0.963 bits per heavy atom. The minimum atomic E-state index is -0.440. The average molecular weight is 354 g/mol. The Hall–Kier alpha value is -2.41. The van der Waals surface area contributed by atoms with Crippen molar-refractivity contribution in [1.82, 2.24) is 0 Å². The van der Waals surface area contributed by atoms with E-state index in [9.17, 15) is 4.79 Å². The monoisotopic (exact) mass is 354 g/mol. The summed E-state index contributed by atoms with van der Waals surface area (Å²) in [5.41, 5.74) is 5.71. The summed E-state index contributed by atoms with van der Waals surface area (Å²) in [6.07, 6.45) is 6.52. The third kappa shape index (κ3) is 1.92. The maximum atomic E-state index is 14.2. The molecule has 0 aliphatic heterocycles. The van der Waals surface area contributed by atoms with Crippen molar-refractivity contribution in [2.24, 2.45) is 11.3 Å². The molecule has 1 spiro atoms. The second-order valence-electron chi connectivity index (χ2n) is 8.52. The van der Waals surface area contributed by atoms with Crippen molar-refractivity contribution in [3.63, 3.8) is 0 Å². The van der Waals surface area contributed by atoms with Crippen molar-refractivity contribution < 1.29 is 4.79 Å². The molecule has 0 amide bonds. The highest BCUT2D eigenvalue weighted by Crippen LogP contribution is 2.70. The lowest BCUT2D eigenvalue weighted by Gasteiger charge is -2.51. The van der Waals surface area contributed by atoms with Crippen molar-refractivity contribution in [3.8, 4) is 0 Å². The van der Waals surface area contributed by atoms with Crippen LogP contribution in [0.3, 0.4) is 0 Å². The Morgan fingerprint density at radius 2 is 1.63 bits per heavy atom. The fraction of sp³-hybridized carbons (Fsp3) is 0.346. The standard InChI is InChI=1S/C26H26O/c1-18-15-17-26(21-12-7-4-8-13-21)24(27)23(20-10-5-3-6-11-20)22-14-9-16-25(22,26)19(18)2/h3-8,10-13,15,19H,9,14,16-17H2,1-2H3/t19-,25+,26+/m1/s1. The molecule has 0 radical (unpaired) electrons. The number of Topliss-reactive ketones (excluding diaryl/α,β-unsaturated/α-hetero) is 1. The third-order valence-electron chi connectivity index (χ3n) is 7.70. The van der Waals surface area contributed by atoms with Gasteiger partial charge in [-0.3, -0.25) is 4.79 Å². The molecule has 3 aliphatic rings. The minimum absolute atomic E-state index is 0.0601. The van der Waals surface area contributed by atoms with Crippen LogP contribution in [0, 0.1) is 11.3 Å². The molecule has 1 nitrogen and oxygen atoms in total. The lowest BCUT2D eigenvalue weighted by molar-refractivity contribution is -0.122. The first-order valence-electron chi connectivity index (χ1n) is 10.2. The molecule has 0 heterocycles. The topological polar surface area (TPSA) is 17.1 Å². The van der Waals surface area contributed by atoms with E-state index in [1.54, 1.807) is 0 Å². The molecule has 2 aromatic rings. The van der Waals surface area contributed by atoms with Crippen molar-refractivity contribution in [2.45, 2.75) is 44.9 Å². The van der Waals surface area contributed by atoms with E-state index < -0.39 is 5.41 Å². The van der Waals surface area contributed by atoms with E-state index in [2.05, 4.69) is 74.5 Å². The molecule has 0 saturated heterocycles. The number of hydrogen-bond acceptors (Lipinski definition) is 1. The van der Waals surface area contributed by atoms with Gasteiger partial charge >= 0.3 is 0 Å². The van der Waals surface area contributed by atoms with Crippen LogP contribution in [0.5, 0.6) is 0 Å².